The van der Waals surface area contributed by atoms with Crippen LogP contribution in [0.1, 0.15) is 10.6 Å². The molecular weight excluding hydrogens is 282 g/mol. The van der Waals surface area contributed by atoms with Gasteiger partial charge in [-0.1, -0.05) is 12.1 Å². The third-order valence-electron chi connectivity index (χ3n) is 3.66. The first-order valence-electron chi connectivity index (χ1n) is 7.44. The van der Waals surface area contributed by atoms with E-state index in [1.807, 2.05) is 24.3 Å². The predicted octanol–water partition coefficient (Wildman–Crippen LogP) is 2.47. The second-order valence-corrected chi connectivity index (χ2v) is 5.12. The first-order valence-corrected chi connectivity index (χ1v) is 7.44. The Balaban J connectivity index is 1.64. The first-order chi connectivity index (χ1) is 10.9. The fraction of sp³-hybridized carbons (Fsp3) is 0.353. The number of nitrogens with zero attached hydrogens (tertiary/aromatic N) is 1. The van der Waals surface area contributed by atoms with Gasteiger partial charge < -0.3 is 13.9 Å². The van der Waals surface area contributed by atoms with Crippen LogP contribution in [-0.2, 0) is 4.74 Å². The van der Waals surface area contributed by atoms with Gasteiger partial charge >= 0.3 is 0 Å². The number of carbonyl (C=O) groups excluding carboxylic acids is 1. The lowest BCUT2D eigenvalue weighted by atomic mass is 10.1. The minimum atomic E-state index is 0.318. The van der Waals surface area contributed by atoms with Crippen molar-refractivity contribution < 1.29 is 18.7 Å². The largest absolute Gasteiger partial charge is 0.491 e. The molecule has 1 aliphatic heterocycles. The molecule has 0 amide bonds. The molecule has 0 atom stereocenters. The van der Waals surface area contributed by atoms with Crippen LogP contribution in [0.15, 0.2) is 40.8 Å². The zero-order chi connectivity index (χ0) is 15.2. The summed E-state index contributed by atoms with van der Waals surface area (Å²) in [6.45, 7) is 4.96. The van der Waals surface area contributed by atoms with Gasteiger partial charge in [0.05, 0.1) is 18.8 Å². The van der Waals surface area contributed by atoms with E-state index >= 15 is 0 Å². The van der Waals surface area contributed by atoms with Crippen LogP contribution < -0.4 is 4.74 Å². The number of carbonyl (C=O) groups is 1. The van der Waals surface area contributed by atoms with Crippen LogP contribution in [0.4, 0.5) is 0 Å². The lowest BCUT2D eigenvalue weighted by Gasteiger charge is -2.26. The summed E-state index contributed by atoms with van der Waals surface area (Å²) in [6, 6.07) is 11.1. The number of furan rings is 1. The van der Waals surface area contributed by atoms with Crippen LogP contribution in [0, 0.1) is 0 Å². The molecule has 1 aromatic heterocycles. The fourth-order valence-corrected chi connectivity index (χ4v) is 2.47. The Bertz CT molecular complexity index is 617. The van der Waals surface area contributed by atoms with Crippen LogP contribution in [0.5, 0.6) is 5.75 Å². The number of hydrogen-bond acceptors (Lipinski definition) is 5. The smallest absolute Gasteiger partial charge is 0.185 e. The molecule has 116 valence electrons. The van der Waals surface area contributed by atoms with Crippen LogP contribution in [0.2, 0.25) is 0 Å². The lowest BCUT2D eigenvalue weighted by Crippen LogP contribution is -2.38. The molecule has 0 N–H and O–H groups in total. The van der Waals surface area contributed by atoms with E-state index in [2.05, 4.69) is 4.90 Å². The van der Waals surface area contributed by atoms with Gasteiger partial charge in [-0.3, -0.25) is 9.69 Å². The second kappa shape index (κ2) is 7.24. The number of ether oxygens (including phenoxy) is 2. The van der Waals surface area contributed by atoms with Crippen molar-refractivity contribution in [2.45, 2.75) is 0 Å². The quantitative estimate of drug-likeness (QED) is 0.767. The molecule has 3 rings (SSSR count). The normalized spacial score (nSPS) is 15.6. The predicted molar refractivity (Wildman–Crippen MR) is 82.3 cm³/mol. The summed E-state index contributed by atoms with van der Waals surface area (Å²) in [7, 11) is 0. The summed E-state index contributed by atoms with van der Waals surface area (Å²) in [6.07, 6.45) is 0.700. The van der Waals surface area contributed by atoms with Crippen molar-refractivity contribution in [1.82, 2.24) is 4.90 Å². The highest BCUT2D eigenvalue weighted by molar-refractivity contribution is 5.74. The molecule has 22 heavy (non-hydrogen) atoms. The van der Waals surface area contributed by atoms with Crippen LogP contribution in [-0.4, -0.2) is 50.6 Å². The number of para-hydroxylation sites is 1. The summed E-state index contributed by atoms with van der Waals surface area (Å²) in [5.74, 6) is 1.73. The summed E-state index contributed by atoms with van der Waals surface area (Å²) < 4.78 is 16.7. The minimum Gasteiger partial charge on any atom is -0.491 e. The first kappa shape index (κ1) is 14.8. The highest BCUT2D eigenvalue weighted by atomic mass is 16.5. The minimum absolute atomic E-state index is 0.318. The molecule has 1 fully saturated rings. The molecule has 1 aliphatic rings. The van der Waals surface area contributed by atoms with E-state index in [4.69, 9.17) is 13.9 Å². The SMILES string of the molecule is O=Cc1ccc(-c2ccccc2OCCN2CCOCC2)o1. The van der Waals surface area contributed by atoms with Gasteiger partial charge in [0.15, 0.2) is 12.0 Å². The number of benzene rings is 1. The number of aldehydes is 1. The average molecular weight is 301 g/mol. The van der Waals surface area contributed by atoms with Gasteiger partial charge in [-0.2, -0.15) is 0 Å². The maximum atomic E-state index is 10.7. The molecule has 0 radical (unpaired) electrons. The third kappa shape index (κ3) is 3.55. The Morgan fingerprint density at radius 2 is 1.95 bits per heavy atom. The molecule has 0 saturated carbocycles. The van der Waals surface area contributed by atoms with E-state index in [0.29, 0.717) is 24.4 Å². The number of hydrogen-bond donors (Lipinski definition) is 0. The molecular formula is C17H19NO4. The van der Waals surface area contributed by atoms with Gasteiger partial charge in [0.1, 0.15) is 18.1 Å². The van der Waals surface area contributed by atoms with Crippen molar-refractivity contribution in [1.29, 1.82) is 0 Å². The lowest BCUT2D eigenvalue weighted by molar-refractivity contribution is 0.0323. The Labute approximate surface area is 129 Å². The topological polar surface area (TPSA) is 51.9 Å². The Hall–Kier alpha value is -2.11. The van der Waals surface area contributed by atoms with Crippen molar-refractivity contribution in [2.75, 3.05) is 39.5 Å². The fourth-order valence-electron chi connectivity index (χ4n) is 2.47. The van der Waals surface area contributed by atoms with Gasteiger partial charge in [0.2, 0.25) is 0 Å². The number of morpholine rings is 1. The zero-order valence-corrected chi connectivity index (χ0v) is 12.4. The average Bonchev–Trinajstić information content (AvgIpc) is 3.05. The van der Waals surface area contributed by atoms with Crippen molar-refractivity contribution in [3.63, 3.8) is 0 Å². The van der Waals surface area contributed by atoms with Crippen molar-refractivity contribution in [3.8, 4) is 17.1 Å². The Morgan fingerprint density at radius 1 is 1.14 bits per heavy atom. The molecule has 5 nitrogen and oxygen atoms in total. The highest BCUT2D eigenvalue weighted by Gasteiger charge is 2.12. The monoisotopic (exact) mass is 301 g/mol. The van der Waals surface area contributed by atoms with E-state index in [1.54, 1.807) is 12.1 Å². The maximum absolute atomic E-state index is 10.7. The van der Waals surface area contributed by atoms with Crippen LogP contribution in [0.25, 0.3) is 11.3 Å². The third-order valence-corrected chi connectivity index (χ3v) is 3.66. The standard InChI is InChI=1S/C17H19NO4/c19-13-14-5-6-17(22-14)15-3-1-2-4-16(15)21-12-9-18-7-10-20-11-8-18/h1-6,13H,7-12H2. The number of rotatable bonds is 6. The molecule has 2 heterocycles. The molecule has 1 aromatic carbocycles. The molecule has 1 saturated heterocycles. The van der Waals surface area contributed by atoms with Crippen LogP contribution >= 0.6 is 0 Å². The summed E-state index contributed by atoms with van der Waals surface area (Å²) in [5, 5.41) is 0. The molecule has 0 spiro atoms. The highest BCUT2D eigenvalue weighted by Crippen LogP contribution is 2.30. The molecule has 0 bridgehead atoms. The molecule has 0 aliphatic carbocycles. The van der Waals surface area contributed by atoms with E-state index in [-0.39, 0.29) is 0 Å². The van der Waals surface area contributed by atoms with E-state index in [9.17, 15) is 4.79 Å². The Morgan fingerprint density at radius 3 is 2.73 bits per heavy atom. The molecule has 0 unspecified atom stereocenters. The van der Waals surface area contributed by atoms with E-state index in [0.717, 1.165) is 44.2 Å². The Kier molecular flexibility index (Phi) is 4.88. The zero-order valence-electron chi connectivity index (χ0n) is 12.4. The van der Waals surface area contributed by atoms with E-state index in [1.165, 1.54) is 0 Å². The van der Waals surface area contributed by atoms with Gasteiger partial charge in [-0.15, -0.1) is 0 Å². The van der Waals surface area contributed by atoms with Crippen LogP contribution in [0.3, 0.4) is 0 Å². The second-order valence-electron chi connectivity index (χ2n) is 5.12. The summed E-state index contributed by atoms with van der Waals surface area (Å²) in [5.41, 5.74) is 0.859. The van der Waals surface area contributed by atoms with Crippen molar-refractivity contribution in [2.24, 2.45) is 0 Å². The van der Waals surface area contributed by atoms with E-state index < -0.39 is 0 Å². The summed E-state index contributed by atoms with van der Waals surface area (Å²) in [4.78, 5) is 13.1. The maximum Gasteiger partial charge on any atom is 0.185 e. The molecule has 5 heteroatoms. The van der Waals surface area contributed by atoms with Gasteiger partial charge in [-0.05, 0) is 24.3 Å². The van der Waals surface area contributed by atoms with Gasteiger partial charge in [0.25, 0.3) is 0 Å². The molecule has 2 aromatic rings. The van der Waals surface area contributed by atoms with Crippen molar-refractivity contribution in [3.05, 3.63) is 42.2 Å². The van der Waals surface area contributed by atoms with Crippen molar-refractivity contribution >= 4 is 6.29 Å². The van der Waals surface area contributed by atoms with Gasteiger partial charge in [0, 0.05) is 19.6 Å². The summed E-state index contributed by atoms with van der Waals surface area (Å²) >= 11 is 0. The van der Waals surface area contributed by atoms with Gasteiger partial charge in [-0.25, -0.2) is 0 Å².